The molecule has 136 valence electrons. The molecule has 0 aliphatic rings. The van der Waals surface area contributed by atoms with E-state index in [1.54, 1.807) is 43.3 Å². The van der Waals surface area contributed by atoms with Crippen LogP contribution in [-0.2, 0) is 0 Å². The van der Waals surface area contributed by atoms with Crippen molar-refractivity contribution in [2.24, 2.45) is 5.10 Å². The van der Waals surface area contributed by atoms with Crippen LogP contribution in [0.25, 0.3) is 0 Å². The second kappa shape index (κ2) is 8.14. The summed E-state index contributed by atoms with van der Waals surface area (Å²) in [6.45, 7) is 3.73. The summed E-state index contributed by atoms with van der Waals surface area (Å²) < 4.78 is 5.06. The Kier molecular flexibility index (Phi) is 5.47. The number of nitrogens with one attached hydrogen (secondary N) is 2. The molecule has 0 unspecified atom stereocenters. The lowest BCUT2D eigenvalue weighted by molar-refractivity contribution is 0.0953. The molecule has 1 aromatic heterocycles. The van der Waals surface area contributed by atoms with Gasteiger partial charge in [-0.25, -0.2) is 5.43 Å². The van der Waals surface area contributed by atoms with E-state index in [0.717, 1.165) is 11.1 Å². The number of benzene rings is 2. The first-order valence-electron chi connectivity index (χ1n) is 8.39. The molecule has 0 aliphatic heterocycles. The largest absolute Gasteiger partial charge is 0.459 e. The summed E-state index contributed by atoms with van der Waals surface area (Å²) in [6.07, 6.45) is 1.45. The van der Waals surface area contributed by atoms with E-state index in [1.165, 1.54) is 6.26 Å². The van der Waals surface area contributed by atoms with Crippen LogP contribution in [0.3, 0.4) is 0 Å². The second-order valence-corrected chi connectivity index (χ2v) is 6.02. The lowest BCUT2D eigenvalue weighted by Gasteiger charge is -2.06. The summed E-state index contributed by atoms with van der Waals surface area (Å²) in [7, 11) is 0. The van der Waals surface area contributed by atoms with Gasteiger partial charge in [-0.2, -0.15) is 5.10 Å². The van der Waals surface area contributed by atoms with Crippen LogP contribution >= 0.6 is 0 Å². The number of aryl methyl sites for hydroxylation is 1. The maximum atomic E-state index is 12.1. The van der Waals surface area contributed by atoms with Crippen molar-refractivity contribution in [3.63, 3.8) is 0 Å². The van der Waals surface area contributed by atoms with Gasteiger partial charge in [-0.1, -0.05) is 29.8 Å². The smallest absolute Gasteiger partial charge is 0.291 e. The zero-order chi connectivity index (χ0) is 19.2. The molecule has 0 atom stereocenters. The number of carbonyl (C=O) groups is 2. The number of carbonyl (C=O) groups excluding carboxylic acids is 2. The van der Waals surface area contributed by atoms with E-state index in [4.69, 9.17) is 4.42 Å². The van der Waals surface area contributed by atoms with Crippen molar-refractivity contribution >= 4 is 23.2 Å². The minimum atomic E-state index is -0.316. The predicted octanol–water partition coefficient (Wildman–Crippen LogP) is 3.99. The van der Waals surface area contributed by atoms with Crippen LogP contribution in [0.5, 0.6) is 0 Å². The van der Waals surface area contributed by atoms with Crippen LogP contribution in [0.4, 0.5) is 5.69 Å². The fourth-order valence-electron chi connectivity index (χ4n) is 2.45. The fourth-order valence-corrected chi connectivity index (χ4v) is 2.45. The molecule has 2 aromatic carbocycles. The zero-order valence-corrected chi connectivity index (χ0v) is 15.0. The molecule has 1 heterocycles. The van der Waals surface area contributed by atoms with Gasteiger partial charge in [0.1, 0.15) is 0 Å². The first-order chi connectivity index (χ1) is 13.0. The summed E-state index contributed by atoms with van der Waals surface area (Å²) in [6, 6.07) is 17.7. The van der Waals surface area contributed by atoms with Gasteiger partial charge in [-0.3, -0.25) is 9.59 Å². The van der Waals surface area contributed by atoms with Gasteiger partial charge >= 0.3 is 0 Å². The van der Waals surface area contributed by atoms with Crippen molar-refractivity contribution < 1.29 is 14.0 Å². The third kappa shape index (κ3) is 4.70. The van der Waals surface area contributed by atoms with Gasteiger partial charge in [-0.15, -0.1) is 0 Å². The predicted molar refractivity (Wildman–Crippen MR) is 104 cm³/mol. The first-order valence-corrected chi connectivity index (χ1v) is 8.39. The van der Waals surface area contributed by atoms with Crippen LogP contribution in [-0.4, -0.2) is 17.5 Å². The van der Waals surface area contributed by atoms with Gasteiger partial charge in [0.25, 0.3) is 11.8 Å². The molecule has 2 N–H and O–H groups in total. The molecule has 0 saturated heterocycles. The van der Waals surface area contributed by atoms with E-state index >= 15 is 0 Å². The Morgan fingerprint density at radius 3 is 2.37 bits per heavy atom. The van der Waals surface area contributed by atoms with Crippen molar-refractivity contribution in [2.75, 3.05) is 5.32 Å². The number of amides is 2. The Hall–Kier alpha value is -3.67. The summed E-state index contributed by atoms with van der Waals surface area (Å²) in [5, 5.41) is 6.89. The van der Waals surface area contributed by atoms with E-state index in [1.807, 2.05) is 31.2 Å². The number of hydrazone groups is 1. The van der Waals surface area contributed by atoms with Gasteiger partial charge in [0, 0.05) is 11.3 Å². The quantitative estimate of drug-likeness (QED) is 0.532. The number of rotatable bonds is 5. The Labute approximate surface area is 156 Å². The molecule has 6 nitrogen and oxygen atoms in total. The molecule has 0 saturated carbocycles. The number of furan rings is 1. The molecule has 27 heavy (non-hydrogen) atoms. The highest BCUT2D eigenvalue weighted by Gasteiger charge is 2.09. The van der Waals surface area contributed by atoms with E-state index in [-0.39, 0.29) is 17.6 Å². The lowest BCUT2D eigenvalue weighted by atomic mass is 10.1. The molecular weight excluding hydrogens is 342 g/mol. The number of anilines is 1. The van der Waals surface area contributed by atoms with Gasteiger partial charge in [0.05, 0.1) is 12.0 Å². The molecule has 0 aliphatic carbocycles. The summed E-state index contributed by atoms with van der Waals surface area (Å²) in [5.74, 6) is -0.334. The highest BCUT2D eigenvalue weighted by atomic mass is 16.3. The zero-order valence-electron chi connectivity index (χ0n) is 15.0. The number of hydrogen-bond donors (Lipinski definition) is 2. The Balaban J connectivity index is 1.63. The Bertz CT molecular complexity index is 974. The van der Waals surface area contributed by atoms with Crippen LogP contribution in [0, 0.1) is 6.92 Å². The molecule has 3 rings (SSSR count). The Morgan fingerprint density at radius 2 is 1.70 bits per heavy atom. The molecule has 0 radical (unpaired) electrons. The highest BCUT2D eigenvalue weighted by Crippen LogP contribution is 2.12. The van der Waals surface area contributed by atoms with Gasteiger partial charge in [0.15, 0.2) is 5.76 Å². The topological polar surface area (TPSA) is 83.7 Å². The monoisotopic (exact) mass is 361 g/mol. The standard InChI is InChI=1S/C21H19N3O3/c1-14-5-3-6-17(13-14)20(25)24-23-15(2)16-8-10-18(11-9-16)22-21(26)19-7-4-12-27-19/h3-13H,1-2H3,(H,22,26)(H,24,25)/b23-15+. The van der Waals surface area contributed by atoms with Gasteiger partial charge in [0.2, 0.25) is 0 Å². The highest BCUT2D eigenvalue weighted by molar-refractivity contribution is 6.03. The number of nitrogens with zero attached hydrogens (tertiary/aromatic N) is 1. The summed E-state index contributed by atoms with van der Waals surface area (Å²) in [5.41, 5.74) is 6.24. The van der Waals surface area contributed by atoms with Gasteiger partial charge in [-0.05, 0) is 55.8 Å². The van der Waals surface area contributed by atoms with E-state index in [9.17, 15) is 9.59 Å². The minimum absolute atomic E-state index is 0.246. The fraction of sp³-hybridized carbons (Fsp3) is 0.0952. The van der Waals surface area contributed by atoms with E-state index in [2.05, 4.69) is 15.8 Å². The number of hydrogen-bond acceptors (Lipinski definition) is 4. The molecule has 0 fully saturated rings. The van der Waals surface area contributed by atoms with Crippen molar-refractivity contribution in [3.8, 4) is 0 Å². The van der Waals surface area contributed by atoms with Crippen LogP contribution in [0.15, 0.2) is 76.4 Å². The molecule has 6 heteroatoms. The second-order valence-electron chi connectivity index (χ2n) is 6.02. The lowest BCUT2D eigenvalue weighted by Crippen LogP contribution is -2.19. The summed E-state index contributed by atoms with van der Waals surface area (Å²) in [4.78, 5) is 24.1. The van der Waals surface area contributed by atoms with E-state index in [0.29, 0.717) is 17.0 Å². The van der Waals surface area contributed by atoms with Crippen LogP contribution in [0.1, 0.15) is 39.0 Å². The summed E-state index contributed by atoms with van der Waals surface area (Å²) >= 11 is 0. The molecule has 3 aromatic rings. The van der Waals surface area contributed by atoms with Crippen LogP contribution < -0.4 is 10.7 Å². The average Bonchev–Trinajstić information content (AvgIpc) is 3.21. The third-order valence-electron chi connectivity index (χ3n) is 3.91. The molecular formula is C21H19N3O3. The van der Waals surface area contributed by atoms with Crippen molar-refractivity contribution in [1.29, 1.82) is 0 Å². The maximum Gasteiger partial charge on any atom is 0.291 e. The molecule has 0 bridgehead atoms. The van der Waals surface area contributed by atoms with E-state index < -0.39 is 0 Å². The Morgan fingerprint density at radius 1 is 0.926 bits per heavy atom. The minimum Gasteiger partial charge on any atom is -0.459 e. The third-order valence-corrected chi connectivity index (χ3v) is 3.91. The molecule has 0 spiro atoms. The molecule has 2 amide bonds. The van der Waals surface area contributed by atoms with Crippen molar-refractivity contribution in [3.05, 3.63) is 89.4 Å². The average molecular weight is 361 g/mol. The van der Waals surface area contributed by atoms with Gasteiger partial charge < -0.3 is 9.73 Å². The van der Waals surface area contributed by atoms with Crippen LogP contribution in [0.2, 0.25) is 0 Å². The maximum absolute atomic E-state index is 12.1. The first kappa shape index (κ1) is 18.1. The van der Waals surface area contributed by atoms with Crippen molar-refractivity contribution in [1.82, 2.24) is 5.43 Å². The normalized spacial score (nSPS) is 11.1. The van der Waals surface area contributed by atoms with Crippen molar-refractivity contribution in [2.45, 2.75) is 13.8 Å². The SMILES string of the molecule is C/C(=N\NC(=O)c1cccc(C)c1)c1ccc(NC(=O)c2ccco2)cc1.